The predicted molar refractivity (Wildman–Crippen MR) is 69.9 cm³/mol. The number of anilines is 1. The highest BCUT2D eigenvalue weighted by molar-refractivity contribution is 7.19. The van der Waals surface area contributed by atoms with Crippen molar-refractivity contribution in [2.75, 3.05) is 5.73 Å². The zero-order valence-corrected chi connectivity index (χ0v) is 10.6. The van der Waals surface area contributed by atoms with Gasteiger partial charge in [-0.2, -0.15) is 9.61 Å². The van der Waals surface area contributed by atoms with Gasteiger partial charge in [0.05, 0.1) is 4.92 Å². The lowest BCUT2D eigenvalue weighted by atomic mass is 10.2. The highest BCUT2D eigenvalue weighted by atomic mass is 32.1. The Morgan fingerprint density at radius 1 is 1.42 bits per heavy atom. The van der Waals surface area contributed by atoms with Crippen LogP contribution < -0.4 is 5.73 Å². The Hall–Kier alpha value is -2.55. The third kappa shape index (κ3) is 1.80. The monoisotopic (exact) mass is 276 g/mol. The number of nitrogen functional groups attached to an aromatic ring is 1. The van der Waals surface area contributed by atoms with E-state index in [1.54, 1.807) is 17.5 Å². The maximum Gasteiger partial charge on any atom is 0.271 e. The molecular formula is C10H8N6O2S. The molecule has 0 atom stereocenters. The number of aromatic nitrogens is 4. The second-order valence-electron chi connectivity index (χ2n) is 3.88. The largest absolute Gasteiger partial charge is 0.398 e. The van der Waals surface area contributed by atoms with Crippen LogP contribution in [-0.2, 0) is 0 Å². The van der Waals surface area contributed by atoms with Gasteiger partial charge in [0, 0.05) is 23.4 Å². The van der Waals surface area contributed by atoms with Crippen LogP contribution >= 0.6 is 11.3 Å². The van der Waals surface area contributed by atoms with Gasteiger partial charge in [-0.05, 0) is 13.0 Å². The lowest BCUT2D eigenvalue weighted by molar-refractivity contribution is -0.384. The smallest absolute Gasteiger partial charge is 0.271 e. The Morgan fingerprint density at radius 2 is 2.21 bits per heavy atom. The molecule has 0 bridgehead atoms. The molecular weight excluding hydrogens is 268 g/mol. The average Bonchev–Trinajstić information content (AvgIpc) is 2.92. The van der Waals surface area contributed by atoms with Crippen molar-refractivity contribution in [2.24, 2.45) is 0 Å². The summed E-state index contributed by atoms with van der Waals surface area (Å²) in [5, 5.41) is 23.5. The first kappa shape index (κ1) is 11.5. The lowest BCUT2D eigenvalue weighted by Gasteiger charge is -2.00. The number of nitro benzene ring substituents is 1. The molecule has 19 heavy (non-hydrogen) atoms. The Bertz CT molecular complexity index is 793. The minimum atomic E-state index is -0.483. The van der Waals surface area contributed by atoms with Crippen LogP contribution in [0.5, 0.6) is 0 Å². The molecule has 0 saturated carbocycles. The van der Waals surface area contributed by atoms with Crippen LogP contribution in [-0.4, -0.2) is 24.7 Å². The second-order valence-corrected chi connectivity index (χ2v) is 4.83. The third-order valence-electron chi connectivity index (χ3n) is 2.62. The van der Waals surface area contributed by atoms with Crippen molar-refractivity contribution in [3.63, 3.8) is 0 Å². The quantitative estimate of drug-likeness (QED) is 0.432. The zero-order chi connectivity index (χ0) is 13.6. The van der Waals surface area contributed by atoms with E-state index in [9.17, 15) is 10.1 Å². The third-order valence-corrected chi connectivity index (χ3v) is 3.56. The molecule has 3 rings (SSSR count). The van der Waals surface area contributed by atoms with Crippen LogP contribution in [0.1, 0.15) is 5.82 Å². The van der Waals surface area contributed by atoms with Crippen molar-refractivity contribution in [1.29, 1.82) is 0 Å². The molecule has 96 valence electrons. The van der Waals surface area contributed by atoms with Crippen molar-refractivity contribution in [3.8, 4) is 10.6 Å². The second kappa shape index (κ2) is 3.99. The minimum absolute atomic E-state index is 0.0413. The van der Waals surface area contributed by atoms with Gasteiger partial charge in [0.15, 0.2) is 5.82 Å². The topological polar surface area (TPSA) is 112 Å². The standard InChI is InChI=1S/C10H8N6O2S/c1-5-12-13-10-15(5)14-9(19-10)7-3-2-6(16(17)18)4-8(7)11/h2-4H,11H2,1H3. The molecule has 3 aromatic rings. The first-order chi connectivity index (χ1) is 9.06. The van der Waals surface area contributed by atoms with Crippen LogP contribution in [0, 0.1) is 17.0 Å². The van der Waals surface area contributed by atoms with Crippen LogP contribution in [0.25, 0.3) is 15.5 Å². The molecule has 0 amide bonds. The van der Waals surface area contributed by atoms with Crippen molar-refractivity contribution in [2.45, 2.75) is 6.92 Å². The summed E-state index contributed by atoms with van der Waals surface area (Å²) in [5.41, 5.74) is 6.77. The van der Waals surface area contributed by atoms with E-state index in [2.05, 4.69) is 15.3 Å². The molecule has 0 unspecified atom stereocenters. The highest BCUT2D eigenvalue weighted by Gasteiger charge is 2.15. The first-order valence-electron chi connectivity index (χ1n) is 5.29. The Labute approximate surface area is 110 Å². The number of non-ortho nitro benzene ring substituents is 1. The lowest BCUT2D eigenvalue weighted by Crippen LogP contribution is -1.95. The molecule has 8 nitrogen and oxygen atoms in total. The maximum absolute atomic E-state index is 10.7. The van der Waals surface area contributed by atoms with E-state index >= 15 is 0 Å². The van der Waals surface area contributed by atoms with Crippen molar-refractivity contribution < 1.29 is 4.92 Å². The van der Waals surface area contributed by atoms with Crippen molar-refractivity contribution >= 4 is 27.7 Å². The van der Waals surface area contributed by atoms with Crippen LogP contribution in [0.15, 0.2) is 18.2 Å². The fourth-order valence-corrected chi connectivity index (χ4v) is 2.61. The number of hydrogen-bond acceptors (Lipinski definition) is 7. The SMILES string of the molecule is Cc1nnc2sc(-c3ccc([N+](=O)[O-])cc3N)nn12. The van der Waals surface area contributed by atoms with Gasteiger partial charge in [-0.3, -0.25) is 10.1 Å². The predicted octanol–water partition coefficient (Wildman–Crippen LogP) is 1.65. The molecule has 9 heteroatoms. The van der Waals surface area contributed by atoms with Gasteiger partial charge < -0.3 is 5.73 Å². The van der Waals surface area contributed by atoms with E-state index in [0.717, 1.165) is 0 Å². The number of nitro groups is 1. The van der Waals surface area contributed by atoms with E-state index in [0.29, 0.717) is 27.0 Å². The van der Waals surface area contributed by atoms with Gasteiger partial charge in [-0.15, -0.1) is 10.2 Å². The Kier molecular flexibility index (Phi) is 2.42. The summed E-state index contributed by atoms with van der Waals surface area (Å²) in [6.45, 7) is 1.79. The molecule has 0 spiro atoms. The Morgan fingerprint density at radius 3 is 2.84 bits per heavy atom. The molecule has 0 aliphatic heterocycles. The summed E-state index contributed by atoms with van der Waals surface area (Å²) in [6, 6.07) is 4.32. The molecule has 0 fully saturated rings. The van der Waals surface area contributed by atoms with Crippen LogP contribution in [0.3, 0.4) is 0 Å². The number of rotatable bonds is 2. The molecule has 0 aliphatic rings. The van der Waals surface area contributed by atoms with E-state index in [-0.39, 0.29) is 5.69 Å². The van der Waals surface area contributed by atoms with Gasteiger partial charge in [-0.1, -0.05) is 11.3 Å². The molecule has 0 radical (unpaired) electrons. The maximum atomic E-state index is 10.7. The van der Waals surface area contributed by atoms with Gasteiger partial charge >= 0.3 is 0 Å². The molecule has 2 aromatic heterocycles. The normalized spacial score (nSPS) is 11.0. The number of nitrogens with zero attached hydrogens (tertiary/aromatic N) is 5. The van der Waals surface area contributed by atoms with Crippen molar-refractivity contribution in [3.05, 3.63) is 34.1 Å². The highest BCUT2D eigenvalue weighted by Crippen LogP contribution is 2.32. The molecule has 1 aromatic carbocycles. The van der Waals surface area contributed by atoms with Gasteiger partial charge in [0.25, 0.3) is 5.69 Å². The van der Waals surface area contributed by atoms with Crippen LogP contribution in [0.4, 0.5) is 11.4 Å². The summed E-state index contributed by atoms with van der Waals surface area (Å²) in [4.78, 5) is 10.8. The van der Waals surface area contributed by atoms with E-state index in [1.165, 1.54) is 23.5 Å². The summed E-state index contributed by atoms with van der Waals surface area (Å²) >= 11 is 1.33. The summed E-state index contributed by atoms with van der Waals surface area (Å²) in [5.74, 6) is 0.679. The molecule has 2 heterocycles. The molecule has 0 aliphatic carbocycles. The number of nitrogens with two attached hydrogens (primary N) is 1. The number of hydrogen-bond donors (Lipinski definition) is 1. The number of benzene rings is 1. The molecule has 0 saturated heterocycles. The van der Waals surface area contributed by atoms with Gasteiger partial charge in [0.1, 0.15) is 5.01 Å². The summed E-state index contributed by atoms with van der Waals surface area (Å²) in [6.07, 6.45) is 0. The fraction of sp³-hybridized carbons (Fsp3) is 0.100. The van der Waals surface area contributed by atoms with E-state index < -0.39 is 4.92 Å². The first-order valence-corrected chi connectivity index (χ1v) is 6.11. The van der Waals surface area contributed by atoms with E-state index in [4.69, 9.17) is 5.73 Å². The fourth-order valence-electron chi connectivity index (χ4n) is 1.68. The average molecular weight is 276 g/mol. The van der Waals surface area contributed by atoms with Crippen LogP contribution in [0.2, 0.25) is 0 Å². The van der Waals surface area contributed by atoms with Gasteiger partial charge in [0.2, 0.25) is 4.96 Å². The zero-order valence-electron chi connectivity index (χ0n) is 9.77. The summed E-state index contributed by atoms with van der Waals surface area (Å²) in [7, 11) is 0. The summed E-state index contributed by atoms with van der Waals surface area (Å²) < 4.78 is 1.61. The number of fused-ring (bicyclic) bond motifs is 1. The van der Waals surface area contributed by atoms with Gasteiger partial charge in [-0.25, -0.2) is 0 Å². The molecule has 2 N–H and O–H groups in total. The number of aryl methyl sites for hydroxylation is 1. The minimum Gasteiger partial charge on any atom is -0.398 e. The Balaban J connectivity index is 2.13. The van der Waals surface area contributed by atoms with E-state index in [1.807, 2.05) is 0 Å². The van der Waals surface area contributed by atoms with Crippen molar-refractivity contribution in [1.82, 2.24) is 19.8 Å².